The minimum atomic E-state index is -1.67. The number of halogens is 2. The summed E-state index contributed by atoms with van der Waals surface area (Å²) in [6, 6.07) is 11.1. The Balaban J connectivity index is 1.80. The summed E-state index contributed by atoms with van der Waals surface area (Å²) in [5.41, 5.74) is 7.59. The molecule has 0 saturated heterocycles. The summed E-state index contributed by atoms with van der Waals surface area (Å²) in [7, 11) is 0. The lowest BCUT2D eigenvalue weighted by Gasteiger charge is -2.42. The van der Waals surface area contributed by atoms with E-state index in [0.29, 0.717) is 25.2 Å². The Kier molecular flexibility index (Phi) is 12.2. The predicted octanol–water partition coefficient (Wildman–Crippen LogP) is 5.06. The fourth-order valence-electron chi connectivity index (χ4n) is 6.35. The molecular weight excluding hydrogens is 604 g/mol. The lowest BCUT2D eigenvalue weighted by atomic mass is 9.63. The van der Waals surface area contributed by atoms with Crippen LogP contribution in [-0.2, 0) is 29.0 Å². The van der Waals surface area contributed by atoms with Gasteiger partial charge in [0.2, 0.25) is 23.5 Å². The maximum absolute atomic E-state index is 14.4. The second-order valence-electron chi connectivity index (χ2n) is 12.2. The van der Waals surface area contributed by atoms with Crippen molar-refractivity contribution in [1.82, 2.24) is 20.4 Å². The number of carbonyl (C=O) groups excluding carboxylic acids is 2. The number of carbonyl (C=O) groups is 2. The highest BCUT2D eigenvalue weighted by atomic mass is 19.1. The van der Waals surface area contributed by atoms with Gasteiger partial charge in [0, 0.05) is 56.2 Å². The number of nitrogens with zero attached hydrogens (tertiary/aromatic N) is 3. The van der Waals surface area contributed by atoms with Crippen molar-refractivity contribution in [1.29, 1.82) is 0 Å². The molecule has 3 aromatic rings. The van der Waals surface area contributed by atoms with Crippen molar-refractivity contribution in [3.63, 3.8) is 0 Å². The van der Waals surface area contributed by atoms with Gasteiger partial charge in [-0.05, 0) is 67.0 Å². The highest BCUT2D eigenvalue weighted by Crippen LogP contribution is 2.46. The number of benzene rings is 2. The highest BCUT2D eigenvalue weighted by Gasteiger charge is 2.49. The molecule has 0 fully saturated rings. The molecule has 1 aromatic heterocycles. The molecule has 1 aliphatic carbocycles. The number of aliphatic hydroxyl groups is 1. The van der Waals surface area contributed by atoms with E-state index in [1.807, 2.05) is 32.0 Å². The molecule has 2 aromatic carbocycles. The van der Waals surface area contributed by atoms with Crippen LogP contribution in [0.2, 0.25) is 0 Å². The van der Waals surface area contributed by atoms with Crippen molar-refractivity contribution in [2.45, 2.75) is 72.4 Å². The van der Waals surface area contributed by atoms with Gasteiger partial charge in [-0.2, -0.15) is 4.98 Å². The van der Waals surface area contributed by atoms with E-state index in [1.54, 1.807) is 24.0 Å². The van der Waals surface area contributed by atoms with Crippen molar-refractivity contribution >= 4 is 17.4 Å². The smallest absolute Gasteiger partial charge is 0.249 e. The third kappa shape index (κ3) is 8.78. The van der Waals surface area contributed by atoms with Gasteiger partial charge < -0.3 is 25.6 Å². The minimum absolute atomic E-state index is 0.0309. The standard InChI is InChI=1S/C36H45F2N5O4/c1-5-11-43(12-6-2)34(45)28-17-27(33-41-23(4)47-42-33)19-36(20-28,35(39)46)31(16-26-14-29(37)18-30(38)15-26)32(44)22-40-21-25-10-8-9-24(7-3)13-25/h8-10,13-15,17-19,31-32,40,44H,5-7,11-12,16,20-22H2,1-4H3,(H2,39,46)/t31-,32+,36?/m1/s1. The van der Waals surface area contributed by atoms with E-state index in [2.05, 4.69) is 28.4 Å². The fourth-order valence-corrected chi connectivity index (χ4v) is 6.35. The molecule has 0 spiro atoms. The van der Waals surface area contributed by atoms with Crippen molar-refractivity contribution in [2.24, 2.45) is 17.1 Å². The first kappa shape index (κ1) is 35.6. The van der Waals surface area contributed by atoms with Crippen molar-refractivity contribution in [2.75, 3.05) is 19.6 Å². The maximum atomic E-state index is 14.4. The van der Waals surface area contributed by atoms with Gasteiger partial charge in [-0.15, -0.1) is 0 Å². The van der Waals surface area contributed by atoms with Crippen LogP contribution in [0.1, 0.15) is 68.4 Å². The number of nitrogens with one attached hydrogen (secondary N) is 1. The summed E-state index contributed by atoms with van der Waals surface area (Å²) in [6.07, 6.45) is 4.06. The van der Waals surface area contributed by atoms with E-state index < -0.39 is 35.0 Å². The van der Waals surface area contributed by atoms with Gasteiger partial charge in [0.1, 0.15) is 11.6 Å². The van der Waals surface area contributed by atoms with Gasteiger partial charge >= 0.3 is 0 Å². The molecule has 2 amide bonds. The van der Waals surface area contributed by atoms with Crippen molar-refractivity contribution in [3.05, 3.63) is 100 Å². The number of primary amides is 1. The lowest BCUT2D eigenvalue weighted by molar-refractivity contribution is -0.132. The van der Waals surface area contributed by atoms with Crippen LogP contribution in [0.15, 0.2) is 64.7 Å². The zero-order valence-electron chi connectivity index (χ0n) is 27.6. The van der Waals surface area contributed by atoms with Crippen LogP contribution in [0.3, 0.4) is 0 Å². The predicted molar refractivity (Wildman–Crippen MR) is 176 cm³/mol. The first-order valence-corrected chi connectivity index (χ1v) is 16.2. The Bertz CT molecular complexity index is 1590. The molecule has 47 heavy (non-hydrogen) atoms. The van der Waals surface area contributed by atoms with Gasteiger partial charge in [-0.3, -0.25) is 9.59 Å². The molecule has 252 valence electrons. The third-order valence-corrected chi connectivity index (χ3v) is 8.61. The van der Waals surface area contributed by atoms with Crippen LogP contribution in [0, 0.1) is 29.9 Å². The average Bonchev–Trinajstić information content (AvgIpc) is 3.48. The van der Waals surface area contributed by atoms with Gasteiger partial charge in [-0.25, -0.2) is 8.78 Å². The van der Waals surface area contributed by atoms with Crippen LogP contribution in [0.25, 0.3) is 5.57 Å². The normalized spacial score (nSPS) is 17.5. The zero-order chi connectivity index (χ0) is 34.1. The van der Waals surface area contributed by atoms with Gasteiger partial charge in [0.15, 0.2) is 0 Å². The Morgan fingerprint density at radius 1 is 1.06 bits per heavy atom. The maximum Gasteiger partial charge on any atom is 0.249 e. The van der Waals surface area contributed by atoms with Gasteiger partial charge in [0.25, 0.3) is 0 Å². The SMILES string of the molecule is CCCN(CCC)C(=O)C1=CC(c2noc(C)n2)=CC(C(N)=O)([C@H](Cc2cc(F)cc(F)c2)[C@@H](O)CNCc2cccc(CC)c2)C1. The number of allylic oxidation sites excluding steroid dienone is 2. The number of hydrogen-bond acceptors (Lipinski definition) is 7. The van der Waals surface area contributed by atoms with Crippen LogP contribution in [0.4, 0.5) is 8.78 Å². The minimum Gasteiger partial charge on any atom is -0.391 e. The van der Waals surface area contributed by atoms with Crippen molar-refractivity contribution in [3.8, 4) is 0 Å². The summed E-state index contributed by atoms with van der Waals surface area (Å²) in [5.74, 6) is -3.24. The molecule has 0 aliphatic heterocycles. The zero-order valence-corrected chi connectivity index (χ0v) is 27.6. The van der Waals surface area contributed by atoms with E-state index >= 15 is 0 Å². The largest absolute Gasteiger partial charge is 0.391 e. The van der Waals surface area contributed by atoms with E-state index in [1.165, 1.54) is 17.7 Å². The molecule has 11 heteroatoms. The van der Waals surface area contributed by atoms with Crippen LogP contribution >= 0.6 is 0 Å². The second-order valence-corrected chi connectivity index (χ2v) is 12.2. The molecule has 9 nitrogen and oxygen atoms in total. The van der Waals surface area contributed by atoms with E-state index in [4.69, 9.17) is 10.3 Å². The average molecular weight is 650 g/mol. The number of aliphatic hydroxyl groups excluding tert-OH is 1. The number of amides is 2. The molecule has 4 rings (SSSR count). The van der Waals surface area contributed by atoms with Crippen molar-refractivity contribution < 1.29 is 28.0 Å². The first-order valence-electron chi connectivity index (χ1n) is 16.2. The topological polar surface area (TPSA) is 135 Å². The number of aromatic nitrogens is 2. The Morgan fingerprint density at radius 2 is 1.74 bits per heavy atom. The molecular formula is C36H45F2N5O4. The summed E-state index contributed by atoms with van der Waals surface area (Å²) < 4.78 is 34.0. The van der Waals surface area contributed by atoms with Crippen LogP contribution < -0.4 is 11.1 Å². The molecule has 1 unspecified atom stereocenters. The highest BCUT2D eigenvalue weighted by molar-refractivity contribution is 6.00. The van der Waals surface area contributed by atoms with E-state index in [9.17, 15) is 23.5 Å². The third-order valence-electron chi connectivity index (χ3n) is 8.61. The molecule has 3 atom stereocenters. The number of hydrogen-bond donors (Lipinski definition) is 3. The van der Waals surface area contributed by atoms with Crippen LogP contribution in [-0.4, -0.2) is 57.7 Å². The molecule has 4 N–H and O–H groups in total. The number of rotatable bonds is 16. The Labute approximate surface area is 274 Å². The lowest BCUT2D eigenvalue weighted by Crippen LogP contribution is -2.51. The molecule has 0 radical (unpaired) electrons. The number of nitrogens with two attached hydrogens (primary N) is 1. The van der Waals surface area contributed by atoms with E-state index in [-0.39, 0.29) is 48.1 Å². The summed E-state index contributed by atoms with van der Waals surface area (Å²) >= 11 is 0. The Hall–Kier alpha value is -4.22. The van der Waals surface area contributed by atoms with Crippen LogP contribution in [0.5, 0.6) is 0 Å². The molecule has 0 bridgehead atoms. The fraction of sp³-hybridized carbons (Fsp3) is 0.444. The number of aryl methyl sites for hydroxylation is 2. The second kappa shape index (κ2) is 16.1. The van der Waals surface area contributed by atoms with Gasteiger partial charge in [-0.1, -0.05) is 56.3 Å². The molecule has 1 aliphatic rings. The Morgan fingerprint density at radius 3 is 2.34 bits per heavy atom. The summed E-state index contributed by atoms with van der Waals surface area (Å²) in [5, 5.41) is 19.2. The molecule has 0 saturated carbocycles. The van der Waals surface area contributed by atoms with E-state index in [0.717, 1.165) is 30.9 Å². The summed E-state index contributed by atoms with van der Waals surface area (Å²) in [6.45, 7) is 9.11. The van der Waals surface area contributed by atoms with Gasteiger partial charge in [0.05, 0.1) is 11.5 Å². The monoisotopic (exact) mass is 649 g/mol. The first-order chi connectivity index (χ1) is 22.5. The summed E-state index contributed by atoms with van der Waals surface area (Å²) in [4.78, 5) is 33.9. The molecule has 1 heterocycles. The quantitative estimate of drug-likeness (QED) is 0.197.